The molecule has 0 aliphatic rings. The smallest absolute Gasteiger partial charge is 0.218 e. The van der Waals surface area contributed by atoms with Gasteiger partial charge < -0.3 is 9.41 Å². The lowest BCUT2D eigenvalue weighted by atomic mass is 9.98. The summed E-state index contributed by atoms with van der Waals surface area (Å²) in [4.78, 5) is 17.3. The molecule has 3 aromatic heterocycles. The van der Waals surface area contributed by atoms with Crippen LogP contribution in [0.3, 0.4) is 0 Å². The number of unbranched alkanes of at least 4 members (excludes halogenated alkanes) is 1. The standard InChI is InChI=1S/C28H29N5/c1-5-6-7-24-15-21(10-13-31-24)8-9-23-17-27(28-18-30-19-33(28)4)32-26-14-20(2)22(11-12-29-3)16-25(23)26/h8-10,13-19H,5-7,11-12H2,1-2,4H3/b9-8+. The Hall–Kier alpha value is -3.78. The Morgan fingerprint density at radius 2 is 2.00 bits per heavy atom. The highest BCUT2D eigenvalue weighted by Gasteiger charge is 2.12. The van der Waals surface area contributed by atoms with E-state index in [0.717, 1.165) is 64.8 Å². The molecule has 0 saturated carbocycles. The topological polar surface area (TPSA) is 48.0 Å². The van der Waals surface area contributed by atoms with E-state index in [-0.39, 0.29) is 0 Å². The number of hydrogen-bond donors (Lipinski definition) is 0. The van der Waals surface area contributed by atoms with Gasteiger partial charge in [-0.1, -0.05) is 25.5 Å². The van der Waals surface area contributed by atoms with Crippen LogP contribution in [0.5, 0.6) is 0 Å². The van der Waals surface area contributed by atoms with E-state index >= 15 is 0 Å². The number of nitrogens with zero attached hydrogens (tertiary/aromatic N) is 5. The van der Waals surface area contributed by atoms with Crippen LogP contribution < -0.4 is 0 Å². The summed E-state index contributed by atoms with van der Waals surface area (Å²) in [5, 5.41) is 1.10. The molecule has 0 aliphatic heterocycles. The van der Waals surface area contributed by atoms with Gasteiger partial charge >= 0.3 is 0 Å². The zero-order valence-electron chi connectivity index (χ0n) is 19.5. The summed E-state index contributed by atoms with van der Waals surface area (Å²) < 4.78 is 1.99. The summed E-state index contributed by atoms with van der Waals surface area (Å²) in [5.41, 5.74) is 8.58. The van der Waals surface area contributed by atoms with Crippen LogP contribution in [0.1, 0.15) is 47.7 Å². The first kappa shape index (κ1) is 22.4. The highest BCUT2D eigenvalue weighted by Crippen LogP contribution is 2.28. The van der Waals surface area contributed by atoms with Crippen LogP contribution in [0.15, 0.2) is 49.1 Å². The SMILES string of the molecule is [C-]#[N+]CCc1cc2c(/C=C/c3ccnc(CCCC)c3)cc(-c3cncn3C)nc2cc1C. The third-order valence-electron chi connectivity index (χ3n) is 5.95. The molecule has 0 aliphatic carbocycles. The maximum Gasteiger partial charge on any atom is 0.218 e. The minimum absolute atomic E-state index is 0.496. The zero-order valence-corrected chi connectivity index (χ0v) is 19.5. The lowest BCUT2D eigenvalue weighted by Gasteiger charge is -2.11. The van der Waals surface area contributed by atoms with Gasteiger partial charge in [-0.2, -0.15) is 0 Å². The van der Waals surface area contributed by atoms with E-state index in [2.05, 4.69) is 65.1 Å². The molecule has 4 aromatic rings. The summed E-state index contributed by atoms with van der Waals surface area (Å²) in [5.74, 6) is 0. The van der Waals surface area contributed by atoms with Crippen LogP contribution >= 0.6 is 0 Å². The van der Waals surface area contributed by atoms with Crippen molar-refractivity contribution in [2.24, 2.45) is 7.05 Å². The molecular formula is C28H29N5. The van der Waals surface area contributed by atoms with E-state index in [1.165, 1.54) is 11.1 Å². The third-order valence-corrected chi connectivity index (χ3v) is 5.95. The maximum atomic E-state index is 7.16. The molecule has 0 bridgehead atoms. The average Bonchev–Trinajstić information content (AvgIpc) is 3.25. The van der Waals surface area contributed by atoms with Gasteiger partial charge in [0.1, 0.15) is 0 Å². The van der Waals surface area contributed by atoms with Gasteiger partial charge in [-0.15, -0.1) is 0 Å². The van der Waals surface area contributed by atoms with Gasteiger partial charge in [-0.3, -0.25) is 4.98 Å². The summed E-state index contributed by atoms with van der Waals surface area (Å²) >= 11 is 0. The Labute approximate surface area is 195 Å². The van der Waals surface area contributed by atoms with Gasteiger partial charge in [0.25, 0.3) is 0 Å². The van der Waals surface area contributed by atoms with Crippen molar-refractivity contribution < 1.29 is 0 Å². The Balaban J connectivity index is 1.81. The molecule has 0 unspecified atom stereocenters. The first-order chi connectivity index (χ1) is 16.1. The fourth-order valence-corrected chi connectivity index (χ4v) is 4.05. The molecular weight excluding hydrogens is 406 g/mol. The number of benzene rings is 1. The molecule has 0 saturated heterocycles. The third kappa shape index (κ3) is 5.18. The van der Waals surface area contributed by atoms with Crippen molar-refractivity contribution in [3.8, 4) is 11.4 Å². The molecule has 0 radical (unpaired) electrons. The molecule has 3 heterocycles. The predicted molar refractivity (Wildman–Crippen MR) is 136 cm³/mol. The van der Waals surface area contributed by atoms with E-state index in [9.17, 15) is 0 Å². The fourth-order valence-electron chi connectivity index (χ4n) is 4.05. The minimum Gasteiger partial charge on any atom is -0.332 e. The molecule has 0 atom stereocenters. The second-order valence-corrected chi connectivity index (χ2v) is 8.43. The quantitative estimate of drug-likeness (QED) is 0.305. The van der Waals surface area contributed by atoms with Crippen LogP contribution in [0.25, 0.3) is 39.3 Å². The molecule has 0 N–H and O–H groups in total. The van der Waals surface area contributed by atoms with Crippen molar-refractivity contribution in [3.05, 3.63) is 88.4 Å². The summed E-state index contributed by atoms with van der Waals surface area (Å²) in [6.45, 7) is 12.0. The first-order valence-corrected chi connectivity index (χ1v) is 11.5. The van der Waals surface area contributed by atoms with Crippen molar-refractivity contribution in [1.82, 2.24) is 19.5 Å². The van der Waals surface area contributed by atoms with Crippen molar-refractivity contribution in [2.75, 3.05) is 6.54 Å². The molecule has 0 fully saturated rings. The summed E-state index contributed by atoms with van der Waals surface area (Å²) in [6.07, 6.45) is 13.9. The highest BCUT2D eigenvalue weighted by molar-refractivity contribution is 5.93. The van der Waals surface area contributed by atoms with Gasteiger partial charge in [0, 0.05) is 30.7 Å². The number of aryl methyl sites for hydroxylation is 3. The van der Waals surface area contributed by atoms with E-state index in [1.54, 1.807) is 6.33 Å². The number of imidazole rings is 1. The normalized spacial score (nSPS) is 11.3. The molecule has 33 heavy (non-hydrogen) atoms. The lowest BCUT2D eigenvalue weighted by molar-refractivity contribution is 0.776. The van der Waals surface area contributed by atoms with Crippen LogP contribution in [0, 0.1) is 13.5 Å². The lowest BCUT2D eigenvalue weighted by Crippen LogP contribution is -1.97. The molecule has 166 valence electrons. The Kier molecular flexibility index (Phi) is 6.95. The number of hydrogen-bond acceptors (Lipinski definition) is 3. The van der Waals surface area contributed by atoms with Gasteiger partial charge in [-0.05, 0) is 72.4 Å². The van der Waals surface area contributed by atoms with Crippen LogP contribution in [-0.4, -0.2) is 26.1 Å². The fraction of sp³-hybridized carbons (Fsp3) is 0.286. The second-order valence-electron chi connectivity index (χ2n) is 8.43. The Morgan fingerprint density at radius 3 is 2.76 bits per heavy atom. The molecule has 5 heteroatoms. The van der Waals surface area contributed by atoms with E-state index < -0.39 is 0 Å². The van der Waals surface area contributed by atoms with Gasteiger partial charge in [0.15, 0.2) is 0 Å². The molecule has 0 amide bonds. The molecule has 4 rings (SSSR count). The van der Waals surface area contributed by atoms with E-state index in [4.69, 9.17) is 11.6 Å². The highest BCUT2D eigenvalue weighted by atomic mass is 15.0. The number of pyridine rings is 2. The van der Waals surface area contributed by atoms with E-state index in [0.29, 0.717) is 6.54 Å². The molecule has 0 spiro atoms. The summed E-state index contributed by atoms with van der Waals surface area (Å²) in [6, 6.07) is 10.7. The van der Waals surface area contributed by atoms with Gasteiger partial charge in [-0.25, -0.2) is 16.5 Å². The number of aromatic nitrogens is 4. The molecule has 5 nitrogen and oxygen atoms in total. The van der Waals surface area contributed by atoms with Crippen LogP contribution in [-0.2, 0) is 19.9 Å². The largest absolute Gasteiger partial charge is 0.332 e. The first-order valence-electron chi connectivity index (χ1n) is 11.5. The summed E-state index contributed by atoms with van der Waals surface area (Å²) in [7, 11) is 1.98. The average molecular weight is 436 g/mol. The van der Waals surface area contributed by atoms with Crippen molar-refractivity contribution in [2.45, 2.75) is 39.5 Å². The number of rotatable bonds is 8. The monoisotopic (exact) mass is 435 g/mol. The predicted octanol–water partition coefficient (Wildman–Crippen LogP) is 6.31. The number of fused-ring (bicyclic) bond motifs is 1. The van der Waals surface area contributed by atoms with Crippen molar-refractivity contribution >= 4 is 23.1 Å². The molecule has 1 aromatic carbocycles. The Morgan fingerprint density at radius 1 is 1.12 bits per heavy atom. The van der Waals surface area contributed by atoms with Crippen molar-refractivity contribution in [3.63, 3.8) is 0 Å². The van der Waals surface area contributed by atoms with Gasteiger partial charge in [0.2, 0.25) is 6.54 Å². The second kappa shape index (κ2) is 10.2. The Bertz CT molecular complexity index is 1340. The maximum absolute atomic E-state index is 7.16. The van der Waals surface area contributed by atoms with Crippen LogP contribution in [0.2, 0.25) is 0 Å². The van der Waals surface area contributed by atoms with E-state index in [1.807, 2.05) is 30.1 Å². The van der Waals surface area contributed by atoms with Crippen LogP contribution in [0.4, 0.5) is 0 Å². The minimum atomic E-state index is 0.496. The zero-order chi connectivity index (χ0) is 23.2. The van der Waals surface area contributed by atoms with Crippen molar-refractivity contribution in [1.29, 1.82) is 0 Å². The van der Waals surface area contributed by atoms with Gasteiger partial charge in [0.05, 0.1) is 29.4 Å².